The Balaban J connectivity index is 2.32. The Bertz CT molecular complexity index is 138. The summed E-state index contributed by atoms with van der Waals surface area (Å²) < 4.78 is 0. The van der Waals surface area contributed by atoms with Crippen molar-refractivity contribution in [3.63, 3.8) is 0 Å². The van der Waals surface area contributed by atoms with Gasteiger partial charge in [-0.3, -0.25) is 0 Å². The average molecular weight is 170 g/mol. The van der Waals surface area contributed by atoms with E-state index >= 15 is 0 Å². The maximum Gasteiger partial charge on any atom is 0.0699 e. The zero-order valence-corrected chi connectivity index (χ0v) is 8.41. The third-order valence-electron chi connectivity index (χ3n) is 2.91. The molecule has 1 fully saturated rings. The van der Waals surface area contributed by atoms with Crippen LogP contribution in [0.1, 0.15) is 44.9 Å². The fourth-order valence-electron chi connectivity index (χ4n) is 2.01. The Kier molecular flexibility index (Phi) is 5.05. The Hall–Kier alpha value is 0.195. The summed E-state index contributed by atoms with van der Waals surface area (Å²) in [5, 5.41) is 0. The van der Waals surface area contributed by atoms with Gasteiger partial charge in [0.15, 0.2) is 0 Å². The second-order valence-electron chi connectivity index (χ2n) is 4.38. The zero-order valence-electron chi connectivity index (χ0n) is 8.41. The van der Waals surface area contributed by atoms with Crippen molar-refractivity contribution in [2.24, 2.45) is 0 Å². The van der Waals surface area contributed by atoms with Crippen molar-refractivity contribution in [3.05, 3.63) is 0 Å². The first-order valence-corrected chi connectivity index (χ1v) is 5.45. The molecule has 1 aliphatic carbocycles. The molecule has 0 bridgehead atoms. The minimum absolute atomic E-state index is 0.263. The van der Waals surface area contributed by atoms with Crippen LogP contribution in [0, 0.1) is 0 Å². The molecule has 0 spiro atoms. The van der Waals surface area contributed by atoms with Crippen molar-refractivity contribution in [1.29, 1.82) is 0 Å². The van der Waals surface area contributed by atoms with Gasteiger partial charge < -0.3 is 0 Å². The Morgan fingerprint density at radius 3 is 1.77 bits per heavy atom. The largest absolute Gasteiger partial charge is 0.0778 e. The van der Waals surface area contributed by atoms with Gasteiger partial charge in [0.1, 0.15) is 0 Å². The van der Waals surface area contributed by atoms with Crippen LogP contribution in [0.4, 0.5) is 0 Å². The second kappa shape index (κ2) is 5.83. The Morgan fingerprint density at radius 1 is 0.615 bits per heavy atom. The number of rotatable bonds is 0. The van der Waals surface area contributed by atoms with Gasteiger partial charge in [0.05, 0.1) is 23.5 Å². The van der Waals surface area contributed by atoms with Crippen molar-refractivity contribution in [1.82, 2.24) is 0 Å². The molecule has 0 aromatic rings. The van der Waals surface area contributed by atoms with Gasteiger partial charge in [-0.2, -0.15) is 0 Å². The third kappa shape index (κ3) is 4.83. The predicted molar refractivity (Wildman–Crippen MR) is 60.8 cm³/mol. The fourth-order valence-corrected chi connectivity index (χ4v) is 2.01. The van der Waals surface area contributed by atoms with Gasteiger partial charge in [-0.05, 0) is 0 Å². The van der Waals surface area contributed by atoms with E-state index in [2.05, 4.69) is 0 Å². The molecule has 1 saturated carbocycles. The van der Waals surface area contributed by atoms with Gasteiger partial charge in [0.2, 0.25) is 0 Å². The first-order chi connectivity index (χ1) is 6.18. The average Bonchev–Trinajstić information content (AvgIpc) is 2.08. The van der Waals surface area contributed by atoms with E-state index in [1.807, 2.05) is 0 Å². The summed E-state index contributed by atoms with van der Waals surface area (Å²) in [6.45, 7) is 0. The van der Waals surface area contributed by atoms with Crippen LogP contribution in [0.3, 0.4) is 0 Å². The van der Waals surface area contributed by atoms with Crippen LogP contribution in [0.25, 0.3) is 0 Å². The van der Waals surface area contributed by atoms with E-state index in [0.717, 1.165) is 32.1 Å². The summed E-state index contributed by atoms with van der Waals surface area (Å²) in [6.07, 6.45) is 7.75. The molecule has 0 aliphatic heterocycles. The lowest BCUT2D eigenvalue weighted by Gasteiger charge is -2.22. The topological polar surface area (TPSA) is 0 Å². The van der Waals surface area contributed by atoms with Crippen LogP contribution < -0.4 is 0 Å². The smallest absolute Gasteiger partial charge is 0.0699 e. The first kappa shape index (κ1) is 11.3. The minimum atomic E-state index is 0.263. The monoisotopic (exact) mass is 170 g/mol. The summed E-state index contributed by atoms with van der Waals surface area (Å²) in [5.74, 6) is 0.934. The highest BCUT2D eigenvalue weighted by atomic mass is 14.1. The van der Waals surface area contributed by atoms with E-state index in [9.17, 15) is 0 Å². The second-order valence-corrected chi connectivity index (χ2v) is 4.38. The molecule has 0 aromatic heterocycles. The van der Waals surface area contributed by atoms with E-state index in [0.29, 0.717) is 11.6 Å². The summed E-state index contributed by atoms with van der Waals surface area (Å²) in [4.78, 5) is 0. The third-order valence-corrected chi connectivity index (χ3v) is 2.91. The fraction of sp³-hybridized carbons (Fsp3) is 1.00. The predicted octanol–water partition coefficient (Wildman–Crippen LogP) is 2.60. The van der Waals surface area contributed by atoms with E-state index in [-0.39, 0.29) is 5.82 Å². The molecule has 3 unspecified atom stereocenters. The highest BCUT2D eigenvalue weighted by molar-refractivity contribution is 6.15. The van der Waals surface area contributed by atoms with Crippen LogP contribution >= 0.6 is 0 Å². The van der Waals surface area contributed by atoms with Gasteiger partial charge in [0.25, 0.3) is 0 Å². The normalized spacial score (nSPS) is 38.3. The standard InChI is InChI=1S/C10H17B3/c11-8-3-1-2-4-9(12)7-10(13)6-5-8/h8-10H,1-7H2. The Labute approximate surface area is 86.5 Å². The van der Waals surface area contributed by atoms with Gasteiger partial charge >= 0.3 is 0 Å². The first-order valence-electron chi connectivity index (χ1n) is 5.45. The molecule has 6 radical (unpaired) electrons. The lowest BCUT2D eigenvalue weighted by Crippen LogP contribution is -2.05. The van der Waals surface area contributed by atoms with Crippen molar-refractivity contribution >= 4 is 23.5 Å². The SMILES string of the molecule is [B]C1CCCCC([B])CC([B])CC1. The van der Waals surface area contributed by atoms with Crippen LogP contribution in [0.15, 0.2) is 0 Å². The minimum Gasteiger partial charge on any atom is -0.0778 e. The van der Waals surface area contributed by atoms with Gasteiger partial charge in [0, 0.05) is 0 Å². The molecule has 0 amide bonds. The van der Waals surface area contributed by atoms with Gasteiger partial charge in [-0.15, -0.1) is 0 Å². The number of hydrogen-bond acceptors (Lipinski definition) is 0. The molecule has 1 aliphatic rings. The molecular weight excluding hydrogens is 153 g/mol. The maximum atomic E-state index is 5.94. The molecular formula is C10H17B3. The van der Waals surface area contributed by atoms with Gasteiger partial charge in [-0.1, -0.05) is 62.4 Å². The van der Waals surface area contributed by atoms with E-state index in [1.54, 1.807) is 0 Å². The summed E-state index contributed by atoms with van der Waals surface area (Å²) >= 11 is 0. The maximum absolute atomic E-state index is 5.94. The molecule has 0 saturated heterocycles. The molecule has 0 N–H and O–H groups in total. The van der Waals surface area contributed by atoms with Crippen molar-refractivity contribution in [2.45, 2.75) is 62.4 Å². The summed E-state index contributed by atoms with van der Waals surface area (Å²) in [5.41, 5.74) is 0. The lowest BCUT2D eigenvalue weighted by atomic mass is 9.66. The lowest BCUT2D eigenvalue weighted by molar-refractivity contribution is 0.504. The van der Waals surface area contributed by atoms with Crippen molar-refractivity contribution in [2.75, 3.05) is 0 Å². The summed E-state index contributed by atoms with van der Waals surface area (Å²) in [7, 11) is 17.8. The van der Waals surface area contributed by atoms with Crippen LogP contribution in [0.5, 0.6) is 0 Å². The molecule has 0 nitrogen and oxygen atoms in total. The van der Waals surface area contributed by atoms with Crippen LogP contribution in [-0.2, 0) is 0 Å². The molecule has 3 atom stereocenters. The van der Waals surface area contributed by atoms with Crippen molar-refractivity contribution in [3.8, 4) is 0 Å². The molecule has 13 heavy (non-hydrogen) atoms. The van der Waals surface area contributed by atoms with Crippen molar-refractivity contribution < 1.29 is 0 Å². The van der Waals surface area contributed by atoms with E-state index in [1.165, 1.54) is 12.8 Å². The van der Waals surface area contributed by atoms with Crippen LogP contribution in [0.2, 0.25) is 17.5 Å². The molecule has 0 aromatic carbocycles. The zero-order chi connectivity index (χ0) is 9.68. The molecule has 66 valence electrons. The van der Waals surface area contributed by atoms with Gasteiger partial charge in [-0.25, -0.2) is 0 Å². The summed E-state index contributed by atoms with van der Waals surface area (Å²) in [6, 6.07) is 0. The van der Waals surface area contributed by atoms with E-state index in [4.69, 9.17) is 23.5 Å². The molecule has 3 heteroatoms. The quantitative estimate of drug-likeness (QED) is 0.489. The van der Waals surface area contributed by atoms with E-state index < -0.39 is 0 Å². The van der Waals surface area contributed by atoms with Crippen LogP contribution in [-0.4, -0.2) is 23.5 Å². The Morgan fingerprint density at radius 2 is 1.08 bits per heavy atom. The number of hydrogen-bond donors (Lipinski definition) is 0. The highest BCUT2D eigenvalue weighted by Crippen LogP contribution is 2.31. The molecule has 1 rings (SSSR count). The highest BCUT2D eigenvalue weighted by Gasteiger charge is 2.12. The molecule has 0 heterocycles.